The van der Waals surface area contributed by atoms with Crippen LogP contribution in [0, 0.1) is 17.3 Å². The number of hydroxylamine groups is 1. The Morgan fingerprint density at radius 3 is 1.59 bits per heavy atom. The van der Waals surface area contributed by atoms with E-state index in [2.05, 4.69) is 50.1 Å². The van der Waals surface area contributed by atoms with Crippen LogP contribution >= 0.6 is 0 Å². The molecule has 0 aliphatic heterocycles. The molecular formula is C32H48N2O5. The van der Waals surface area contributed by atoms with Crippen LogP contribution in [0.15, 0.2) is 48.5 Å². The van der Waals surface area contributed by atoms with Crippen molar-refractivity contribution in [2.45, 2.75) is 80.8 Å². The maximum Gasteiger partial charge on any atom is 0.258 e. The molecule has 3 N–H and O–H groups in total. The second-order valence-electron chi connectivity index (χ2n) is 8.75. The fraction of sp³-hybridized carbons (Fsp3) is 0.469. The number of hydrogen-bond acceptors (Lipinski definition) is 5. The zero-order valence-electron chi connectivity index (χ0n) is 25.4. The number of benzene rings is 2. The minimum absolute atomic E-state index is 0.0784. The summed E-state index contributed by atoms with van der Waals surface area (Å²) in [5.41, 5.74) is 4.15. The van der Waals surface area contributed by atoms with E-state index in [1.54, 1.807) is 14.0 Å². The van der Waals surface area contributed by atoms with Crippen LogP contribution in [0.3, 0.4) is 0 Å². The maximum atomic E-state index is 11.2. The molecule has 0 bridgehead atoms. The molecule has 0 saturated carbocycles. The molecular weight excluding hydrogens is 492 g/mol. The van der Waals surface area contributed by atoms with Gasteiger partial charge in [0.2, 0.25) is 5.91 Å². The summed E-state index contributed by atoms with van der Waals surface area (Å²) in [7, 11) is 3.19. The van der Waals surface area contributed by atoms with Crippen LogP contribution < -0.4 is 10.8 Å². The minimum Gasteiger partial charge on any atom is -0.381 e. The molecule has 0 spiro atoms. The Morgan fingerprint density at radius 1 is 0.872 bits per heavy atom. The summed E-state index contributed by atoms with van der Waals surface area (Å²) < 4.78 is 5.05. The molecule has 0 radical (unpaired) electrons. The van der Waals surface area contributed by atoms with Crippen molar-refractivity contribution in [2.75, 3.05) is 14.2 Å². The summed E-state index contributed by atoms with van der Waals surface area (Å²) >= 11 is 0. The Labute approximate surface area is 235 Å². The monoisotopic (exact) mass is 540 g/mol. The van der Waals surface area contributed by atoms with Crippen LogP contribution in [0.1, 0.15) is 95.3 Å². The summed E-state index contributed by atoms with van der Waals surface area (Å²) in [5.74, 6) is 5.14. The van der Waals surface area contributed by atoms with Gasteiger partial charge in [-0.1, -0.05) is 70.7 Å². The van der Waals surface area contributed by atoms with Gasteiger partial charge < -0.3 is 10.1 Å². The summed E-state index contributed by atoms with van der Waals surface area (Å²) in [5, 5.41) is 10.5. The van der Waals surface area contributed by atoms with E-state index in [4.69, 9.17) is 9.94 Å². The molecule has 2 amide bonds. The van der Waals surface area contributed by atoms with E-state index in [1.807, 2.05) is 50.2 Å². The molecule has 0 aliphatic rings. The first kappa shape index (κ1) is 37.7. The topological polar surface area (TPSA) is 105 Å². The van der Waals surface area contributed by atoms with Gasteiger partial charge in [0.25, 0.3) is 5.91 Å². The average Bonchev–Trinajstić information content (AvgIpc) is 2.98. The lowest BCUT2D eigenvalue weighted by Gasteiger charge is -2.18. The van der Waals surface area contributed by atoms with Crippen molar-refractivity contribution in [1.82, 2.24) is 10.8 Å². The van der Waals surface area contributed by atoms with Gasteiger partial charge in [-0.2, -0.15) is 0 Å². The van der Waals surface area contributed by atoms with Gasteiger partial charge in [-0.05, 0) is 69.9 Å². The molecule has 0 atom stereocenters. The maximum absolute atomic E-state index is 11.2. The van der Waals surface area contributed by atoms with Crippen molar-refractivity contribution in [3.8, 4) is 11.8 Å². The number of nitrogens with one attached hydrogen (secondary N) is 2. The number of Topliss-reactive ketones (excluding diaryl/α,β-unsaturated/α-hetero) is 1. The summed E-state index contributed by atoms with van der Waals surface area (Å²) in [6, 6.07) is 15.7. The molecule has 0 fully saturated rings. The summed E-state index contributed by atoms with van der Waals surface area (Å²) in [6.45, 7) is 14.8. The number of ether oxygens (including phenoxy) is 1. The van der Waals surface area contributed by atoms with E-state index in [0.717, 1.165) is 36.0 Å². The molecule has 2 aromatic carbocycles. The molecule has 2 aromatic rings. The number of hydrogen-bond donors (Lipinski definition) is 3. The highest BCUT2D eigenvalue weighted by molar-refractivity contribution is 6.03. The second-order valence-corrected chi connectivity index (χ2v) is 8.75. The highest BCUT2D eigenvalue weighted by Gasteiger charge is 2.34. The quantitative estimate of drug-likeness (QED) is 0.132. The van der Waals surface area contributed by atoms with Crippen molar-refractivity contribution in [1.29, 1.82) is 0 Å². The first-order valence-electron chi connectivity index (χ1n) is 13.4. The van der Waals surface area contributed by atoms with Gasteiger partial charge >= 0.3 is 0 Å². The Bertz CT molecular complexity index is 1010. The number of carbonyl (C=O) groups excluding carboxylic acids is 3. The standard InChI is InChI=1S/C18H16O.C6H12N2O3.C6H14O.C2H6/c1-3-15-4-6-16(7-5-15)8-9-17-10-12-18(13-11-17)14(2)19;1-6(2,4(9)7-3)5(10)8-11;1-4-6(5-2)7-3;1-2/h4-7,10-13H,3H2,1-2H3;11H,1-3H3,(H,7,9)(H,8,10);6H,4-5H2,1-3H3;1-2H3. The number of ketones is 1. The van der Waals surface area contributed by atoms with Gasteiger partial charge in [-0.3, -0.25) is 19.6 Å². The normalized spacial score (nSPS) is 9.64. The van der Waals surface area contributed by atoms with Crippen LogP contribution in [-0.2, 0) is 20.7 Å². The smallest absolute Gasteiger partial charge is 0.258 e. The lowest BCUT2D eigenvalue weighted by Crippen LogP contribution is -2.45. The van der Waals surface area contributed by atoms with Crippen molar-refractivity contribution in [2.24, 2.45) is 5.41 Å². The third-order valence-corrected chi connectivity index (χ3v) is 5.71. The highest BCUT2D eigenvalue weighted by Crippen LogP contribution is 2.14. The fourth-order valence-corrected chi connectivity index (χ4v) is 2.93. The van der Waals surface area contributed by atoms with Gasteiger partial charge in [0, 0.05) is 30.8 Å². The number of aryl methyl sites for hydroxylation is 1. The zero-order valence-corrected chi connectivity index (χ0v) is 25.4. The molecule has 39 heavy (non-hydrogen) atoms. The van der Waals surface area contributed by atoms with E-state index >= 15 is 0 Å². The van der Waals surface area contributed by atoms with E-state index in [-0.39, 0.29) is 5.78 Å². The van der Waals surface area contributed by atoms with E-state index in [9.17, 15) is 14.4 Å². The van der Waals surface area contributed by atoms with Gasteiger partial charge in [-0.15, -0.1) is 0 Å². The van der Waals surface area contributed by atoms with Gasteiger partial charge in [0.1, 0.15) is 5.41 Å². The Kier molecular flexibility index (Phi) is 20.7. The van der Waals surface area contributed by atoms with Gasteiger partial charge in [0.15, 0.2) is 5.78 Å². The number of rotatable bonds is 7. The Balaban J connectivity index is 0. The van der Waals surface area contributed by atoms with Crippen LogP contribution in [0.5, 0.6) is 0 Å². The molecule has 2 rings (SSSR count). The Hall–Kier alpha value is -3.47. The molecule has 0 unspecified atom stereocenters. The molecule has 7 nitrogen and oxygen atoms in total. The minimum atomic E-state index is -1.23. The largest absolute Gasteiger partial charge is 0.381 e. The van der Waals surface area contributed by atoms with Crippen LogP contribution in [0.25, 0.3) is 0 Å². The Morgan fingerprint density at radius 2 is 1.31 bits per heavy atom. The molecule has 7 heteroatoms. The van der Waals surface area contributed by atoms with Crippen LogP contribution in [0.4, 0.5) is 0 Å². The number of methoxy groups -OCH3 is 1. The first-order valence-corrected chi connectivity index (χ1v) is 13.4. The lowest BCUT2D eigenvalue weighted by molar-refractivity contribution is -0.146. The third-order valence-electron chi connectivity index (χ3n) is 5.71. The van der Waals surface area contributed by atoms with E-state index < -0.39 is 17.2 Å². The van der Waals surface area contributed by atoms with Crippen molar-refractivity contribution < 1.29 is 24.3 Å². The SMILES string of the molecule is CC.CCC(CC)OC.CCc1ccc(C#Cc2ccc(C(C)=O)cc2)cc1.CNC(=O)C(C)(C)C(=O)NO. The van der Waals surface area contributed by atoms with E-state index in [1.165, 1.54) is 31.9 Å². The van der Waals surface area contributed by atoms with E-state index in [0.29, 0.717) is 6.10 Å². The second kappa shape index (κ2) is 21.5. The number of carbonyl (C=O) groups is 3. The zero-order chi connectivity index (χ0) is 30.4. The van der Waals surface area contributed by atoms with Crippen LogP contribution in [-0.4, -0.2) is 43.1 Å². The van der Waals surface area contributed by atoms with Crippen molar-refractivity contribution >= 4 is 17.6 Å². The molecule has 0 heterocycles. The number of amides is 2. The highest BCUT2D eigenvalue weighted by atomic mass is 16.5. The van der Waals surface area contributed by atoms with Crippen LogP contribution in [0.2, 0.25) is 0 Å². The third kappa shape index (κ3) is 14.9. The predicted molar refractivity (Wildman–Crippen MR) is 159 cm³/mol. The predicted octanol–water partition coefficient (Wildman–Crippen LogP) is 5.96. The lowest BCUT2D eigenvalue weighted by atomic mass is 9.92. The first-order chi connectivity index (χ1) is 18.5. The molecule has 0 aromatic heterocycles. The van der Waals surface area contributed by atoms with Crippen molar-refractivity contribution in [3.63, 3.8) is 0 Å². The van der Waals surface area contributed by atoms with Gasteiger partial charge in [0.05, 0.1) is 6.10 Å². The molecule has 0 saturated heterocycles. The summed E-state index contributed by atoms with van der Waals surface area (Å²) in [6.07, 6.45) is 3.79. The molecule has 216 valence electrons. The fourth-order valence-electron chi connectivity index (χ4n) is 2.93. The van der Waals surface area contributed by atoms with Gasteiger partial charge in [-0.25, -0.2) is 5.48 Å². The molecule has 0 aliphatic carbocycles. The van der Waals surface area contributed by atoms with Crippen molar-refractivity contribution in [3.05, 3.63) is 70.8 Å². The summed E-state index contributed by atoms with van der Waals surface area (Å²) in [4.78, 5) is 32.9. The average molecular weight is 541 g/mol.